The Morgan fingerprint density at radius 1 is 1.18 bits per heavy atom. The summed E-state index contributed by atoms with van der Waals surface area (Å²) in [7, 11) is 0. The molecule has 0 saturated heterocycles. The number of unbranched alkanes of at least 4 members (excludes halogenated alkanes) is 1. The molecule has 2 N–H and O–H groups in total. The number of hydrogen-bond acceptors (Lipinski definition) is 1. The Hall–Kier alpha value is -1.28. The van der Waals surface area contributed by atoms with Gasteiger partial charge in [0.25, 0.3) is 0 Å². The van der Waals surface area contributed by atoms with E-state index in [2.05, 4.69) is 54.6 Å². The number of aromatic nitrogens is 1. The van der Waals surface area contributed by atoms with Crippen molar-refractivity contribution in [1.29, 1.82) is 0 Å². The van der Waals surface area contributed by atoms with Gasteiger partial charge in [-0.25, -0.2) is 0 Å². The fourth-order valence-electron chi connectivity index (χ4n) is 2.17. The molecule has 0 atom stereocenters. The van der Waals surface area contributed by atoms with E-state index in [0.717, 1.165) is 6.54 Å². The smallest absolute Gasteiger partial charge is 0.0456 e. The van der Waals surface area contributed by atoms with E-state index in [1.54, 1.807) is 0 Å². The first-order valence-corrected chi connectivity index (χ1v) is 6.56. The van der Waals surface area contributed by atoms with Crippen LogP contribution < -0.4 is 5.32 Å². The standard InChI is InChI=1S/C15H22N2/c1-12(2)16-10-6-5-7-13-11-17-15-9-4-3-8-14(13)15/h3-4,8-9,11-12,16-17H,5-7,10H2,1-2H3. The van der Waals surface area contributed by atoms with E-state index < -0.39 is 0 Å². The van der Waals surface area contributed by atoms with E-state index >= 15 is 0 Å². The largest absolute Gasteiger partial charge is 0.361 e. The second-order valence-corrected chi connectivity index (χ2v) is 4.93. The SMILES string of the molecule is CC(C)NCCCCc1c[nH]c2ccccc12. The van der Waals surface area contributed by atoms with Gasteiger partial charge in [0.1, 0.15) is 0 Å². The van der Waals surface area contributed by atoms with Crippen LogP contribution in [0, 0.1) is 0 Å². The summed E-state index contributed by atoms with van der Waals surface area (Å²) < 4.78 is 0. The molecule has 0 unspecified atom stereocenters. The molecule has 0 spiro atoms. The number of rotatable bonds is 6. The lowest BCUT2D eigenvalue weighted by Gasteiger charge is -2.07. The minimum atomic E-state index is 0.600. The van der Waals surface area contributed by atoms with Gasteiger partial charge in [-0.1, -0.05) is 32.0 Å². The van der Waals surface area contributed by atoms with Gasteiger partial charge in [0.15, 0.2) is 0 Å². The second kappa shape index (κ2) is 5.87. The van der Waals surface area contributed by atoms with E-state index in [-0.39, 0.29) is 0 Å². The minimum absolute atomic E-state index is 0.600. The number of aromatic amines is 1. The molecule has 2 rings (SSSR count). The van der Waals surface area contributed by atoms with Crippen molar-refractivity contribution in [3.05, 3.63) is 36.0 Å². The van der Waals surface area contributed by atoms with Gasteiger partial charge in [0.2, 0.25) is 0 Å². The number of nitrogens with one attached hydrogen (secondary N) is 2. The molecule has 0 aliphatic heterocycles. The molecule has 0 aliphatic carbocycles. The number of fused-ring (bicyclic) bond motifs is 1. The van der Waals surface area contributed by atoms with Crippen LogP contribution in [0.5, 0.6) is 0 Å². The first kappa shape index (κ1) is 12.2. The van der Waals surface area contributed by atoms with Gasteiger partial charge in [-0.05, 0) is 37.4 Å². The van der Waals surface area contributed by atoms with Crippen molar-refractivity contribution in [3.8, 4) is 0 Å². The monoisotopic (exact) mass is 230 g/mol. The zero-order valence-electron chi connectivity index (χ0n) is 10.8. The topological polar surface area (TPSA) is 27.8 Å². The maximum Gasteiger partial charge on any atom is 0.0456 e. The fourth-order valence-corrected chi connectivity index (χ4v) is 2.17. The van der Waals surface area contributed by atoms with Crippen molar-refractivity contribution in [2.24, 2.45) is 0 Å². The van der Waals surface area contributed by atoms with Crippen molar-refractivity contribution < 1.29 is 0 Å². The van der Waals surface area contributed by atoms with Crippen molar-refractivity contribution in [1.82, 2.24) is 10.3 Å². The van der Waals surface area contributed by atoms with Crippen molar-refractivity contribution >= 4 is 10.9 Å². The molecule has 1 aromatic heterocycles. The first-order valence-electron chi connectivity index (χ1n) is 6.56. The van der Waals surface area contributed by atoms with Crippen LogP contribution in [0.4, 0.5) is 0 Å². The van der Waals surface area contributed by atoms with Crippen LogP contribution in [0.25, 0.3) is 10.9 Å². The maximum atomic E-state index is 3.45. The molecular weight excluding hydrogens is 208 g/mol. The van der Waals surface area contributed by atoms with E-state index in [4.69, 9.17) is 0 Å². The number of H-pyrrole nitrogens is 1. The zero-order chi connectivity index (χ0) is 12.1. The lowest BCUT2D eigenvalue weighted by atomic mass is 10.1. The van der Waals surface area contributed by atoms with E-state index in [1.165, 1.54) is 35.7 Å². The minimum Gasteiger partial charge on any atom is -0.361 e. The van der Waals surface area contributed by atoms with E-state index in [9.17, 15) is 0 Å². The summed E-state index contributed by atoms with van der Waals surface area (Å²) in [4.78, 5) is 3.33. The highest BCUT2D eigenvalue weighted by molar-refractivity contribution is 5.82. The lowest BCUT2D eigenvalue weighted by molar-refractivity contribution is 0.558. The summed E-state index contributed by atoms with van der Waals surface area (Å²) in [5.74, 6) is 0. The number of aryl methyl sites for hydroxylation is 1. The van der Waals surface area contributed by atoms with Gasteiger partial charge in [0, 0.05) is 23.1 Å². The first-order chi connectivity index (χ1) is 8.27. The van der Waals surface area contributed by atoms with Gasteiger partial charge in [0.05, 0.1) is 0 Å². The quantitative estimate of drug-likeness (QED) is 0.730. The predicted molar refractivity (Wildman–Crippen MR) is 74.4 cm³/mol. The van der Waals surface area contributed by atoms with Crippen LogP contribution in [-0.4, -0.2) is 17.6 Å². The van der Waals surface area contributed by atoms with Crippen LogP contribution in [0.1, 0.15) is 32.3 Å². The molecule has 0 radical (unpaired) electrons. The van der Waals surface area contributed by atoms with E-state index in [0.29, 0.717) is 6.04 Å². The Labute approximate surface area is 103 Å². The average Bonchev–Trinajstić information content (AvgIpc) is 2.72. The Morgan fingerprint density at radius 3 is 2.82 bits per heavy atom. The second-order valence-electron chi connectivity index (χ2n) is 4.93. The third-order valence-corrected chi connectivity index (χ3v) is 3.10. The maximum absolute atomic E-state index is 3.45. The average molecular weight is 230 g/mol. The summed E-state index contributed by atoms with van der Waals surface area (Å²) in [6.07, 6.45) is 5.82. The van der Waals surface area contributed by atoms with Crippen LogP contribution in [0.3, 0.4) is 0 Å². The molecule has 2 heteroatoms. The summed E-state index contributed by atoms with van der Waals surface area (Å²) in [5, 5.41) is 4.83. The summed E-state index contributed by atoms with van der Waals surface area (Å²) >= 11 is 0. The summed E-state index contributed by atoms with van der Waals surface area (Å²) in [6.45, 7) is 5.51. The molecule has 17 heavy (non-hydrogen) atoms. The molecule has 0 aliphatic rings. The molecule has 0 bridgehead atoms. The molecule has 0 amide bonds. The van der Waals surface area contributed by atoms with Gasteiger partial charge < -0.3 is 10.3 Å². The molecule has 1 aromatic carbocycles. The molecule has 2 aromatic rings. The third kappa shape index (κ3) is 3.34. The van der Waals surface area contributed by atoms with E-state index in [1.807, 2.05) is 0 Å². The number of para-hydroxylation sites is 1. The Kier molecular flexibility index (Phi) is 4.21. The fraction of sp³-hybridized carbons (Fsp3) is 0.467. The zero-order valence-corrected chi connectivity index (χ0v) is 10.8. The molecule has 0 saturated carbocycles. The normalized spacial score (nSPS) is 11.5. The predicted octanol–water partition coefficient (Wildman–Crippen LogP) is 3.49. The van der Waals surface area contributed by atoms with Crippen LogP contribution in [0.15, 0.2) is 30.5 Å². The van der Waals surface area contributed by atoms with Gasteiger partial charge in [-0.3, -0.25) is 0 Å². The highest BCUT2D eigenvalue weighted by Gasteiger charge is 2.02. The Bertz CT molecular complexity index is 457. The molecule has 92 valence electrons. The number of hydrogen-bond donors (Lipinski definition) is 2. The molecule has 2 nitrogen and oxygen atoms in total. The van der Waals surface area contributed by atoms with Gasteiger partial charge in [-0.2, -0.15) is 0 Å². The molecule has 0 fully saturated rings. The summed E-state index contributed by atoms with van der Waals surface area (Å²) in [5.41, 5.74) is 2.70. The van der Waals surface area contributed by atoms with Crippen molar-refractivity contribution in [2.45, 2.75) is 39.2 Å². The number of benzene rings is 1. The Morgan fingerprint density at radius 2 is 2.00 bits per heavy atom. The Balaban J connectivity index is 1.83. The van der Waals surface area contributed by atoms with Crippen LogP contribution in [-0.2, 0) is 6.42 Å². The van der Waals surface area contributed by atoms with Gasteiger partial charge >= 0.3 is 0 Å². The lowest BCUT2D eigenvalue weighted by Crippen LogP contribution is -2.23. The van der Waals surface area contributed by atoms with Crippen LogP contribution in [0.2, 0.25) is 0 Å². The van der Waals surface area contributed by atoms with Crippen molar-refractivity contribution in [3.63, 3.8) is 0 Å². The highest BCUT2D eigenvalue weighted by Crippen LogP contribution is 2.19. The highest BCUT2D eigenvalue weighted by atomic mass is 14.9. The molecule has 1 heterocycles. The third-order valence-electron chi connectivity index (χ3n) is 3.10. The van der Waals surface area contributed by atoms with Gasteiger partial charge in [-0.15, -0.1) is 0 Å². The molecular formula is C15H22N2. The van der Waals surface area contributed by atoms with Crippen molar-refractivity contribution in [2.75, 3.05) is 6.54 Å². The summed E-state index contributed by atoms with van der Waals surface area (Å²) in [6, 6.07) is 9.13. The van der Waals surface area contributed by atoms with Crippen LogP contribution >= 0.6 is 0 Å².